The van der Waals surface area contributed by atoms with Crippen LogP contribution in [0.5, 0.6) is 0 Å². The van der Waals surface area contributed by atoms with Gasteiger partial charge in [-0.2, -0.15) is 10.2 Å². The van der Waals surface area contributed by atoms with Crippen molar-refractivity contribution >= 4 is 17.4 Å². The minimum absolute atomic E-state index is 0.00841. The van der Waals surface area contributed by atoms with E-state index < -0.39 is 4.92 Å². The molecule has 0 fully saturated rings. The molecule has 0 bridgehead atoms. The number of hydrogen-bond donors (Lipinski definition) is 1. The van der Waals surface area contributed by atoms with Gasteiger partial charge in [0.2, 0.25) is 0 Å². The van der Waals surface area contributed by atoms with Gasteiger partial charge >= 0.3 is 0 Å². The molecule has 0 saturated carbocycles. The highest BCUT2D eigenvalue weighted by Crippen LogP contribution is 2.17. The number of nitrogens with zero attached hydrogens (tertiary/aromatic N) is 5. The SMILES string of the molecule is Cc1cc(NC(=O)c2cnn(-c3ccc([N+](=O)[O-])cc3)c2)n(Cc2ccccc2)n1. The summed E-state index contributed by atoms with van der Waals surface area (Å²) in [6.07, 6.45) is 3.02. The van der Waals surface area contributed by atoms with Crippen molar-refractivity contribution in [1.82, 2.24) is 19.6 Å². The van der Waals surface area contributed by atoms with Crippen LogP contribution in [0.1, 0.15) is 21.6 Å². The number of nitrogens with one attached hydrogen (secondary N) is 1. The van der Waals surface area contributed by atoms with E-state index in [1.165, 1.54) is 23.0 Å². The zero-order valence-corrected chi connectivity index (χ0v) is 16.1. The maximum atomic E-state index is 12.7. The number of nitro benzene ring substituents is 1. The minimum Gasteiger partial charge on any atom is -0.307 e. The number of non-ortho nitro benzene ring substituents is 1. The predicted molar refractivity (Wildman–Crippen MR) is 111 cm³/mol. The van der Waals surface area contributed by atoms with E-state index in [4.69, 9.17) is 0 Å². The van der Waals surface area contributed by atoms with Crippen LogP contribution in [0, 0.1) is 17.0 Å². The number of benzene rings is 2. The maximum absolute atomic E-state index is 12.7. The fourth-order valence-corrected chi connectivity index (χ4v) is 3.02. The molecule has 0 atom stereocenters. The molecule has 9 heteroatoms. The molecule has 2 aromatic heterocycles. The zero-order valence-electron chi connectivity index (χ0n) is 16.1. The first-order valence-corrected chi connectivity index (χ1v) is 9.19. The topological polar surface area (TPSA) is 108 Å². The fourth-order valence-electron chi connectivity index (χ4n) is 3.02. The summed E-state index contributed by atoms with van der Waals surface area (Å²) >= 11 is 0. The van der Waals surface area contributed by atoms with Crippen LogP contribution in [0.25, 0.3) is 5.69 Å². The van der Waals surface area contributed by atoms with Gasteiger partial charge in [0.05, 0.1) is 34.6 Å². The fraction of sp³-hybridized carbons (Fsp3) is 0.0952. The molecule has 0 unspecified atom stereocenters. The number of carbonyl (C=O) groups excluding carboxylic acids is 1. The number of nitro groups is 1. The lowest BCUT2D eigenvalue weighted by Crippen LogP contribution is -2.15. The van der Waals surface area contributed by atoms with E-state index in [1.807, 2.05) is 43.3 Å². The van der Waals surface area contributed by atoms with Crippen LogP contribution in [0.4, 0.5) is 11.5 Å². The highest BCUT2D eigenvalue weighted by atomic mass is 16.6. The van der Waals surface area contributed by atoms with Gasteiger partial charge in [-0.15, -0.1) is 0 Å². The van der Waals surface area contributed by atoms with E-state index in [-0.39, 0.29) is 11.6 Å². The van der Waals surface area contributed by atoms with Crippen molar-refractivity contribution in [1.29, 1.82) is 0 Å². The molecule has 9 nitrogen and oxygen atoms in total. The predicted octanol–water partition coefficient (Wildman–Crippen LogP) is 3.59. The van der Waals surface area contributed by atoms with Crippen LogP contribution in [0.3, 0.4) is 0 Å². The molecule has 0 aliphatic carbocycles. The summed E-state index contributed by atoms with van der Waals surface area (Å²) in [5.74, 6) is 0.266. The molecule has 150 valence electrons. The Morgan fingerprint density at radius 3 is 2.57 bits per heavy atom. The smallest absolute Gasteiger partial charge is 0.269 e. The van der Waals surface area contributed by atoms with Gasteiger partial charge in [-0.3, -0.25) is 14.9 Å². The van der Waals surface area contributed by atoms with Crippen molar-refractivity contribution in [2.75, 3.05) is 5.32 Å². The summed E-state index contributed by atoms with van der Waals surface area (Å²) in [5.41, 5.74) is 2.83. The summed E-state index contributed by atoms with van der Waals surface area (Å²) in [7, 11) is 0. The first-order chi connectivity index (χ1) is 14.5. The number of aromatic nitrogens is 4. The maximum Gasteiger partial charge on any atom is 0.269 e. The third kappa shape index (κ3) is 4.09. The molecule has 4 rings (SSSR count). The summed E-state index contributed by atoms with van der Waals surface area (Å²) in [5, 5.41) is 22.3. The molecule has 0 aliphatic rings. The molecular weight excluding hydrogens is 384 g/mol. The molecule has 2 aromatic carbocycles. The second-order valence-corrected chi connectivity index (χ2v) is 6.72. The lowest BCUT2D eigenvalue weighted by molar-refractivity contribution is -0.384. The highest BCUT2D eigenvalue weighted by molar-refractivity contribution is 6.03. The van der Waals surface area contributed by atoms with Gasteiger partial charge in [0.1, 0.15) is 5.82 Å². The first-order valence-electron chi connectivity index (χ1n) is 9.19. The van der Waals surface area contributed by atoms with Crippen molar-refractivity contribution < 1.29 is 9.72 Å². The van der Waals surface area contributed by atoms with Gasteiger partial charge in [0, 0.05) is 24.4 Å². The quantitative estimate of drug-likeness (QED) is 0.392. The summed E-state index contributed by atoms with van der Waals surface area (Å²) in [4.78, 5) is 23.0. The van der Waals surface area contributed by atoms with Crippen molar-refractivity contribution in [3.63, 3.8) is 0 Å². The number of anilines is 1. The van der Waals surface area contributed by atoms with Gasteiger partial charge in [-0.25, -0.2) is 9.36 Å². The van der Waals surface area contributed by atoms with E-state index in [9.17, 15) is 14.9 Å². The molecule has 4 aromatic rings. The molecule has 0 radical (unpaired) electrons. The van der Waals surface area contributed by atoms with Gasteiger partial charge in [-0.1, -0.05) is 30.3 Å². The standard InChI is InChI=1S/C21H18N6O3/c1-15-11-20(26(24-15)13-16-5-3-2-4-6-16)23-21(28)17-12-22-25(14-17)18-7-9-19(10-8-18)27(29)30/h2-12,14H,13H2,1H3,(H,23,28). The van der Waals surface area contributed by atoms with Crippen LogP contribution in [-0.4, -0.2) is 30.4 Å². The molecule has 0 aliphatic heterocycles. The second kappa shape index (κ2) is 8.00. The average Bonchev–Trinajstić information content (AvgIpc) is 3.36. The molecule has 30 heavy (non-hydrogen) atoms. The Morgan fingerprint density at radius 2 is 1.87 bits per heavy atom. The average molecular weight is 402 g/mol. The van der Waals surface area contributed by atoms with E-state index in [0.717, 1.165) is 11.3 Å². The second-order valence-electron chi connectivity index (χ2n) is 6.72. The Bertz CT molecular complexity index is 1200. The van der Waals surface area contributed by atoms with Crippen molar-refractivity contribution in [3.05, 3.63) is 100.0 Å². The molecule has 0 spiro atoms. The molecular formula is C21H18N6O3. The Balaban J connectivity index is 1.51. The summed E-state index contributed by atoms with van der Waals surface area (Å²) in [6.45, 7) is 2.40. The third-order valence-electron chi connectivity index (χ3n) is 4.49. The lowest BCUT2D eigenvalue weighted by Gasteiger charge is -2.08. The van der Waals surface area contributed by atoms with E-state index in [0.29, 0.717) is 23.6 Å². The van der Waals surface area contributed by atoms with Crippen molar-refractivity contribution in [3.8, 4) is 5.69 Å². The molecule has 2 heterocycles. The number of hydrogen-bond acceptors (Lipinski definition) is 5. The number of carbonyl (C=O) groups is 1. The van der Waals surface area contributed by atoms with Gasteiger partial charge < -0.3 is 5.32 Å². The van der Waals surface area contributed by atoms with Crippen molar-refractivity contribution in [2.24, 2.45) is 0 Å². The Morgan fingerprint density at radius 1 is 1.13 bits per heavy atom. The number of amides is 1. The van der Waals surface area contributed by atoms with Crippen molar-refractivity contribution in [2.45, 2.75) is 13.5 Å². The summed E-state index contributed by atoms with van der Waals surface area (Å²) in [6, 6.07) is 17.6. The lowest BCUT2D eigenvalue weighted by atomic mass is 10.2. The Hall–Kier alpha value is -4.27. The van der Waals surface area contributed by atoms with E-state index in [2.05, 4.69) is 15.5 Å². The van der Waals surface area contributed by atoms with Crippen LogP contribution >= 0.6 is 0 Å². The van der Waals surface area contributed by atoms with Crippen LogP contribution in [0.15, 0.2) is 73.1 Å². The molecule has 0 saturated heterocycles. The molecule has 1 amide bonds. The van der Waals surface area contributed by atoms with E-state index >= 15 is 0 Å². The Labute approximate surface area is 171 Å². The zero-order chi connectivity index (χ0) is 21.1. The van der Waals surface area contributed by atoms with Crippen LogP contribution in [-0.2, 0) is 6.54 Å². The van der Waals surface area contributed by atoms with E-state index in [1.54, 1.807) is 23.0 Å². The normalized spacial score (nSPS) is 10.7. The molecule has 1 N–H and O–H groups in total. The Kier molecular flexibility index (Phi) is 5.08. The van der Waals surface area contributed by atoms with Gasteiger partial charge in [0.15, 0.2) is 0 Å². The minimum atomic E-state index is -0.466. The largest absolute Gasteiger partial charge is 0.307 e. The number of aryl methyl sites for hydroxylation is 1. The first kappa shape index (κ1) is 19.1. The number of rotatable bonds is 6. The monoisotopic (exact) mass is 402 g/mol. The third-order valence-corrected chi connectivity index (χ3v) is 4.49. The highest BCUT2D eigenvalue weighted by Gasteiger charge is 2.14. The van der Waals surface area contributed by atoms with Crippen LogP contribution < -0.4 is 5.32 Å². The van der Waals surface area contributed by atoms with Gasteiger partial charge in [-0.05, 0) is 24.6 Å². The van der Waals surface area contributed by atoms with Gasteiger partial charge in [0.25, 0.3) is 11.6 Å². The summed E-state index contributed by atoms with van der Waals surface area (Å²) < 4.78 is 3.23. The van der Waals surface area contributed by atoms with Crippen LogP contribution in [0.2, 0.25) is 0 Å².